The second-order valence-corrected chi connectivity index (χ2v) is 5.88. The number of nitrogens with zero attached hydrogens (tertiary/aromatic N) is 2. The fourth-order valence-corrected chi connectivity index (χ4v) is 2.44. The highest BCUT2D eigenvalue weighted by molar-refractivity contribution is 5.84. The summed E-state index contributed by atoms with van der Waals surface area (Å²) in [5.74, 6) is 2.03. The Morgan fingerprint density at radius 2 is 2.00 bits per heavy atom. The van der Waals surface area contributed by atoms with E-state index in [4.69, 9.17) is 0 Å². The van der Waals surface area contributed by atoms with Gasteiger partial charge in [0.05, 0.1) is 0 Å². The second kappa shape index (κ2) is 7.82. The van der Waals surface area contributed by atoms with Gasteiger partial charge in [0.2, 0.25) is 5.91 Å². The second-order valence-electron chi connectivity index (χ2n) is 5.88. The van der Waals surface area contributed by atoms with Gasteiger partial charge in [-0.05, 0) is 30.7 Å². The van der Waals surface area contributed by atoms with Crippen LogP contribution in [0.15, 0.2) is 35.3 Å². The maximum absolute atomic E-state index is 11.6. The van der Waals surface area contributed by atoms with Crippen LogP contribution >= 0.6 is 0 Å². The molecular formula is C17H26N4O. The lowest BCUT2D eigenvalue weighted by Crippen LogP contribution is -2.39. The van der Waals surface area contributed by atoms with Crippen molar-refractivity contribution in [1.29, 1.82) is 0 Å². The average Bonchev–Trinajstić information content (AvgIpc) is 3.30. The lowest BCUT2D eigenvalue weighted by Gasteiger charge is -2.12. The van der Waals surface area contributed by atoms with Crippen LogP contribution in [0.1, 0.15) is 24.8 Å². The Kier molecular flexibility index (Phi) is 5.81. The maximum Gasteiger partial charge on any atom is 0.243 e. The van der Waals surface area contributed by atoms with E-state index in [0.29, 0.717) is 11.8 Å². The Bertz CT molecular complexity index is 513. The largest absolute Gasteiger partial charge is 0.357 e. The van der Waals surface area contributed by atoms with Crippen molar-refractivity contribution in [3.05, 3.63) is 35.9 Å². The third-order valence-electron chi connectivity index (χ3n) is 3.90. The first kappa shape index (κ1) is 16.3. The summed E-state index contributed by atoms with van der Waals surface area (Å²) in [6.07, 6.45) is 1.22. The number of carbonyl (C=O) groups is 1. The third kappa shape index (κ3) is 4.76. The smallest absolute Gasteiger partial charge is 0.243 e. The lowest BCUT2D eigenvalue weighted by atomic mass is 10.1. The Balaban J connectivity index is 1.80. The Labute approximate surface area is 132 Å². The molecule has 1 aliphatic carbocycles. The summed E-state index contributed by atoms with van der Waals surface area (Å²) >= 11 is 0. The summed E-state index contributed by atoms with van der Waals surface area (Å²) in [6.45, 7) is 3.88. The summed E-state index contributed by atoms with van der Waals surface area (Å²) < 4.78 is 0. The molecule has 2 atom stereocenters. The first-order chi connectivity index (χ1) is 10.6. The first-order valence-corrected chi connectivity index (χ1v) is 7.89. The van der Waals surface area contributed by atoms with Crippen LogP contribution in [0.25, 0.3) is 0 Å². The molecule has 2 rings (SSSR count). The predicted molar refractivity (Wildman–Crippen MR) is 90.0 cm³/mol. The molecule has 0 bridgehead atoms. The number of benzene rings is 1. The quantitative estimate of drug-likeness (QED) is 0.617. The molecule has 0 radical (unpaired) electrons. The van der Waals surface area contributed by atoms with Gasteiger partial charge >= 0.3 is 0 Å². The molecule has 120 valence electrons. The summed E-state index contributed by atoms with van der Waals surface area (Å²) in [4.78, 5) is 17.5. The number of carbonyl (C=O) groups excluding carboxylic acids is 1. The van der Waals surface area contributed by atoms with Gasteiger partial charge in [0.15, 0.2) is 5.96 Å². The summed E-state index contributed by atoms with van der Waals surface area (Å²) in [5, 5.41) is 6.53. The van der Waals surface area contributed by atoms with Gasteiger partial charge < -0.3 is 15.5 Å². The molecule has 5 nitrogen and oxygen atoms in total. The number of amides is 1. The highest BCUT2D eigenvalue weighted by Crippen LogP contribution is 2.46. The zero-order valence-electron chi connectivity index (χ0n) is 13.7. The molecule has 0 heterocycles. The zero-order chi connectivity index (χ0) is 15.9. The monoisotopic (exact) mass is 302 g/mol. The van der Waals surface area contributed by atoms with Gasteiger partial charge in [-0.15, -0.1) is 0 Å². The van der Waals surface area contributed by atoms with E-state index < -0.39 is 0 Å². The number of hydrogen-bond donors (Lipinski definition) is 2. The molecule has 0 aromatic heterocycles. The van der Waals surface area contributed by atoms with Crippen molar-refractivity contribution >= 4 is 11.9 Å². The molecule has 1 fully saturated rings. The highest BCUT2D eigenvalue weighted by Gasteiger charge is 2.37. The van der Waals surface area contributed by atoms with Gasteiger partial charge in [-0.1, -0.05) is 30.3 Å². The van der Waals surface area contributed by atoms with E-state index in [9.17, 15) is 4.79 Å². The molecule has 1 amide bonds. The SMILES string of the molecule is CCNC(=NCC(=O)N(C)C)NCC1CC1c1ccccc1. The van der Waals surface area contributed by atoms with Crippen molar-refractivity contribution in [1.82, 2.24) is 15.5 Å². The predicted octanol–water partition coefficient (Wildman–Crippen LogP) is 1.43. The van der Waals surface area contributed by atoms with Crippen LogP contribution in [-0.4, -0.2) is 50.5 Å². The first-order valence-electron chi connectivity index (χ1n) is 7.89. The van der Waals surface area contributed by atoms with Crippen LogP contribution in [0, 0.1) is 5.92 Å². The van der Waals surface area contributed by atoms with Crippen LogP contribution < -0.4 is 10.6 Å². The van der Waals surface area contributed by atoms with E-state index in [0.717, 1.165) is 19.0 Å². The van der Waals surface area contributed by atoms with E-state index in [1.807, 2.05) is 6.92 Å². The van der Waals surface area contributed by atoms with Crippen LogP contribution in [0.4, 0.5) is 0 Å². The lowest BCUT2D eigenvalue weighted by molar-refractivity contribution is -0.127. The van der Waals surface area contributed by atoms with E-state index >= 15 is 0 Å². The van der Waals surface area contributed by atoms with Crippen molar-refractivity contribution in [3.63, 3.8) is 0 Å². The van der Waals surface area contributed by atoms with Crippen molar-refractivity contribution < 1.29 is 4.79 Å². The average molecular weight is 302 g/mol. The van der Waals surface area contributed by atoms with Gasteiger partial charge in [0.25, 0.3) is 0 Å². The molecule has 0 aliphatic heterocycles. The van der Waals surface area contributed by atoms with Gasteiger partial charge in [-0.2, -0.15) is 0 Å². The van der Waals surface area contributed by atoms with Gasteiger partial charge in [0.1, 0.15) is 6.54 Å². The highest BCUT2D eigenvalue weighted by atomic mass is 16.2. The fraction of sp³-hybridized carbons (Fsp3) is 0.529. The Morgan fingerprint density at radius 3 is 2.64 bits per heavy atom. The zero-order valence-corrected chi connectivity index (χ0v) is 13.7. The standard InChI is InChI=1S/C17H26N4O/c1-4-18-17(20-12-16(22)21(2)3)19-11-14-10-15(14)13-8-6-5-7-9-13/h5-9,14-15H,4,10-12H2,1-3H3,(H2,18,19,20). The van der Waals surface area contributed by atoms with E-state index in [1.165, 1.54) is 12.0 Å². The van der Waals surface area contributed by atoms with Gasteiger partial charge in [-0.3, -0.25) is 4.79 Å². The molecule has 2 N–H and O–H groups in total. The summed E-state index contributed by atoms with van der Waals surface area (Å²) in [6, 6.07) is 10.6. The normalized spacial score (nSPS) is 20.4. The van der Waals surface area contributed by atoms with Gasteiger partial charge in [-0.25, -0.2) is 4.99 Å². The Hall–Kier alpha value is -2.04. The maximum atomic E-state index is 11.6. The van der Waals surface area contributed by atoms with Crippen LogP contribution in [-0.2, 0) is 4.79 Å². The summed E-state index contributed by atoms with van der Waals surface area (Å²) in [7, 11) is 3.49. The minimum absolute atomic E-state index is 0.00536. The van der Waals surface area contributed by atoms with E-state index in [2.05, 4.69) is 46.0 Å². The molecule has 22 heavy (non-hydrogen) atoms. The number of guanidine groups is 1. The van der Waals surface area contributed by atoms with Crippen LogP contribution in [0.2, 0.25) is 0 Å². The number of hydrogen-bond acceptors (Lipinski definition) is 2. The minimum atomic E-state index is 0.00536. The topological polar surface area (TPSA) is 56.7 Å². The molecular weight excluding hydrogens is 276 g/mol. The van der Waals surface area contributed by atoms with Gasteiger partial charge in [0, 0.05) is 27.2 Å². The van der Waals surface area contributed by atoms with Crippen LogP contribution in [0.5, 0.6) is 0 Å². The van der Waals surface area contributed by atoms with E-state index in [1.54, 1.807) is 19.0 Å². The fourth-order valence-electron chi connectivity index (χ4n) is 2.44. The number of aliphatic imine (C=N–C) groups is 1. The molecule has 0 saturated heterocycles. The van der Waals surface area contributed by atoms with Crippen molar-refractivity contribution in [2.24, 2.45) is 10.9 Å². The number of likely N-dealkylation sites (N-methyl/N-ethyl adjacent to an activating group) is 1. The van der Waals surface area contributed by atoms with Crippen LogP contribution in [0.3, 0.4) is 0 Å². The van der Waals surface area contributed by atoms with Crippen molar-refractivity contribution in [3.8, 4) is 0 Å². The molecule has 1 saturated carbocycles. The molecule has 2 unspecified atom stereocenters. The molecule has 0 spiro atoms. The molecule has 5 heteroatoms. The number of nitrogens with one attached hydrogen (secondary N) is 2. The summed E-state index contributed by atoms with van der Waals surface area (Å²) in [5.41, 5.74) is 1.42. The Morgan fingerprint density at radius 1 is 1.27 bits per heavy atom. The minimum Gasteiger partial charge on any atom is -0.357 e. The third-order valence-corrected chi connectivity index (χ3v) is 3.90. The van der Waals surface area contributed by atoms with E-state index in [-0.39, 0.29) is 12.5 Å². The molecule has 1 aliphatic rings. The number of rotatable bonds is 6. The molecule has 1 aromatic carbocycles. The van der Waals surface area contributed by atoms with Crippen molar-refractivity contribution in [2.45, 2.75) is 19.3 Å². The van der Waals surface area contributed by atoms with Crippen molar-refractivity contribution in [2.75, 3.05) is 33.7 Å². The molecule has 1 aromatic rings.